The van der Waals surface area contributed by atoms with Crippen LogP contribution >= 0.6 is 31.9 Å². The first-order valence-electron chi connectivity index (χ1n) is 33.6. The maximum Gasteiger partial charge on any atom is 0.285 e. The number of hydrogen-bond donors (Lipinski definition) is 0. The molecule has 0 aromatic heterocycles. The Balaban J connectivity index is 0.918. The maximum atomic E-state index is 12.6. The van der Waals surface area contributed by atoms with Gasteiger partial charge in [0.05, 0.1) is 57.3 Å². The Morgan fingerprint density at radius 2 is 0.752 bits per heavy atom. The summed E-state index contributed by atoms with van der Waals surface area (Å²) in [5.41, 5.74) is 12.4. The van der Waals surface area contributed by atoms with E-state index in [1.807, 2.05) is 123 Å². The maximum absolute atomic E-state index is 12.6. The molecule has 0 saturated heterocycles. The number of nitro benzene ring substituents is 4. The number of anilines is 2. The highest BCUT2D eigenvalue weighted by atomic mass is 79.9. The minimum Gasteiger partial charge on any atom is -0.347 e. The Bertz CT molecular complexity index is 4890. The highest BCUT2D eigenvalue weighted by Crippen LogP contribution is 2.56. The van der Waals surface area contributed by atoms with Gasteiger partial charge >= 0.3 is 0 Å². The van der Waals surface area contributed by atoms with Crippen LogP contribution in [0.5, 0.6) is 0 Å². The van der Waals surface area contributed by atoms with Gasteiger partial charge in [-0.25, -0.2) is 0 Å². The van der Waals surface area contributed by atoms with Crippen molar-refractivity contribution in [2.45, 2.75) is 81.5 Å². The first-order chi connectivity index (χ1) is 48.5. The topological polar surface area (TPSA) is 185 Å². The molecule has 0 saturated carbocycles. The van der Waals surface area contributed by atoms with E-state index in [2.05, 4.69) is 176 Å². The van der Waals surface area contributed by atoms with Gasteiger partial charge < -0.3 is 9.80 Å². The SMILES string of the molecule is CN1C(=CC=CC2=[N+](CCC[N+]3=C(C=CC=C4N(C)c5cc([N+](=O)[O-])c(Br)cc5C4(Cc4ccccc4)Cc4ccccc4)C(C)(C)c4c3ccc3ccc([N+](=O)[O-])cc43)c3ccc4ccc([N+](=O)[O-])cc4c3C2(C)C)C(Cc2ccccc2)(Cc2ccccc2)c2cc(Br)c([N+](=O)[O-])cc21. The van der Waals surface area contributed by atoms with Gasteiger partial charge in [0.15, 0.2) is 24.5 Å². The number of benzene rings is 10. The van der Waals surface area contributed by atoms with Crippen molar-refractivity contribution >= 4 is 110 Å². The van der Waals surface area contributed by atoms with Gasteiger partial charge in [-0.3, -0.25) is 40.5 Å². The largest absolute Gasteiger partial charge is 0.347 e. The Morgan fingerprint density at radius 3 is 1.07 bits per heavy atom. The number of allylic oxidation sites excluding steroid dienone is 8. The Morgan fingerprint density at radius 1 is 0.426 bits per heavy atom. The smallest absolute Gasteiger partial charge is 0.285 e. The van der Waals surface area contributed by atoms with Crippen molar-refractivity contribution in [2.24, 2.45) is 0 Å². The summed E-state index contributed by atoms with van der Waals surface area (Å²) in [4.78, 5) is 53.2. The fourth-order valence-electron chi connectivity index (χ4n) is 16.8. The molecule has 0 spiro atoms. The molecule has 504 valence electrons. The second kappa shape index (κ2) is 26.4. The van der Waals surface area contributed by atoms with E-state index in [9.17, 15) is 40.5 Å². The fraction of sp³-hybridized carbons (Fsp3) is 0.205. The summed E-state index contributed by atoms with van der Waals surface area (Å²) in [6.45, 7) is 9.68. The van der Waals surface area contributed by atoms with E-state index in [1.165, 1.54) is 0 Å². The molecular weight excluding hydrogens is 1400 g/mol. The van der Waals surface area contributed by atoms with Gasteiger partial charge in [0.2, 0.25) is 11.4 Å². The van der Waals surface area contributed by atoms with Crippen LogP contribution in [0.2, 0.25) is 0 Å². The number of nitrogens with zero attached hydrogens (tertiary/aromatic N) is 8. The third-order valence-corrected chi connectivity index (χ3v) is 22.5. The zero-order valence-corrected chi connectivity index (χ0v) is 59.8. The molecule has 0 radical (unpaired) electrons. The zero-order valence-electron chi connectivity index (χ0n) is 56.6. The van der Waals surface area contributed by atoms with Gasteiger partial charge in [-0.05, 0) is 189 Å². The normalized spacial score (nSPS) is 16.9. The molecule has 10 aromatic carbocycles. The molecule has 14 rings (SSSR count). The van der Waals surface area contributed by atoms with Crippen LogP contribution in [0.4, 0.5) is 45.5 Å². The number of non-ortho nitro benzene ring substituents is 2. The van der Waals surface area contributed by atoms with E-state index in [1.54, 1.807) is 36.4 Å². The van der Waals surface area contributed by atoms with E-state index >= 15 is 0 Å². The number of likely N-dealkylation sites (N-methyl/N-ethyl adjacent to an activating group) is 2. The van der Waals surface area contributed by atoms with Crippen molar-refractivity contribution in [1.29, 1.82) is 0 Å². The quantitative estimate of drug-likeness (QED) is 0.0404. The van der Waals surface area contributed by atoms with Crippen molar-refractivity contribution in [2.75, 3.05) is 37.0 Å². The van der Waals surface area contributed by atoms with E-state index < -0.39 is 21.7 Å². The molecular formula is C83H72Br2N8O8+2. The number of halogens is 2. The summed E-state index contributed by atoms with van der Waals surface area (Å²) in [6, 6.07) is 66.9. The van der Waals surface area contributed by atoms with Gasteiger partial charge in [0, 0.05) is 108 Å². The van der Waals surface area contributed by atoms with Crippen LogP contribution in [-0.4, -0.2) is 67.5 Å². The van der Waals surface area contributed by atoms with Crippen molar-refractivity contribution in [3.05, 3.63) is 348 Å². The second-order valence-electron chi connectivity index (χ2n) is 27.8. The fourth-order valence-corrected chi connectivity index (χ4v) is 17.7. The van der Waals surface area contributed by atoms with E-state index in [-0.39, 0.29) is 42.4 Å². The third kappa shape index (κ3) is 11.8. The standard InChI is InChI=1S/C83H72Br2N8O8/c1-80(2)74(30-19-32-76-82(50-54-22-11-7-12-23-54,51-55-24-13-8-14-25-55)64-46-66(84)72(92(98)99)48-70(64)86(76)5)88(68-40-36-58-34-38-60(90(94)95)44-62(58)78(68)80)42-21-43-89-69-41-37-59-35-39-61(91(96)97)45-63(59)79(69)81(3,4)75(89)31-20-33-77-83(52-56-26-15-9-16-27-56,53-57-28-17-10-18-29-57)65-47-67(85)73(93(100)101)49-71(65)87(77)6/h7-20,22-41,44-49H,21,42-43,50-53H2,1-6H3/q+2. The number of hydrogen-bond acceptors (Lipinski definition) is 10. The molecule has 0 aliphatic carbocycles. The van der Waals surface area contributed by atoms with Gasteiger partial charge in [0.1, 0.15) is 0 Å². The molecule has 0 N–H and O–H groups in total. The molecule has 10 aromatic rings. The number of fused-ring (bicyclic) bond motifs is 8. The molecule has 4 aliphatic rings. The molecule has 16 nitrogen and oxygen atoms in total. The van der Waals surface area contributed by atoms with Crippen LogP contribution in [0, 0.1) is 40.5 Å². The molecule has 4 aliphatic heterocycles. The zero-order chi connectivity index (χ0) is 70.9. The Kier molecular flexibility index (Phi) is 17.6. The summed E-state index contributed by atoms with van der Waals surface area (Å²) >= 11 is 7.23. The summed E-state index contributed by atoms with van der Waals surface area (Å²) in [6.07, 6.45) is 15.7. The highest BCUT2D eigenvalue weighted by Gasteiger charge is 2.52. The average Bonchev–Trinajstić information content (AvgIpc) is 1.57. The molecule has 0 unspecified atom stereocenters. The lowest BCUT2D eigenvalue weighted by atomic mass is 9.70. The van der Waals surface area contributed by atoms with Crippen molar-refractivity contribution in [1.82, 2.24) is 0 Å². The molecule has 0 amide bonds. The van der Waals surface area contributed by atoms with Crippen LogP contribution in [0.1, 0.15) is 78.6 Å². The summed E-state index contributed by atoms with van der Waals surface area (Å²) in [5.74, 6) is 0. The van der Waals surface area contributed by atoms with Crippen LogP contribution in [0.3, 0.4) is 0 Å². The predicted octanol–water partition coefficient (Wildman–Crippen LogP) is 19.6. The lowest BCUT2D eigenvalue weighted by molar-refractivity contribution is -0.470. The van der Waals surface area contributed by atoms with Crippen LogP contribution in [0.25, 0.3) is 21.5 Å². The lowest BCUT2D eigenvalue weighted by Gasteiger charge is -2.33. The first-order valence-corrected chi connectivity index (χ1v) is 35.2. The summed E-state index contributed by atoms with van der Waals surface area (Å²) in [5, 5.41) is 53.7. The Labute approximate surface area is 601 Å². The average molecular weight is 1470 g/mol. The van der Waals surface area contributed by atoms with E-state index in [0.717, 1.165) is 112 Å². The highest BCUT2D eigenvalue weighted by molar-refractivity contribution is 9.11. The molecule has 0 fully saturated rings. The Hall–Kier alpha value is -10.8. The van der Waals surface area contributed by atoms with Gasteiger partial charge in [-0.1, -0.05) is 133 Å². The van der Waals surface area contributed by atoms with Gasteiger partial charge in [-0.2, -0.15) is 9.15 Å². The van der Waals surface area contributed by atoms with Gasteiger partial charge in [0.25, 0.3) is 22.7 Å². The predicted molar refractivity (Wildman–Crippen MR) is 408 cm³/mol. The van der Waals surface area contributed by atoms with Crippen LogP contribution in [0.15, 0.2) is 263 Å². The second-order valence-corrected chi connectivity index (χ2v) is 29.5. The van der Waals surface area contributed by atoms with Crippen LogP contribution < -0.4 is 9.80 Å². The number of rotatable bonds is 20. The molecule has 101 heavy (non-hydrogen) atoms. The number of nitro groups is 4. The van der Waals surface area contributed by atoms with Crippen molar-refractivity contribution in [3.63, 3.8) is 0 Å². The van der Waals surface area contributed by atoms with E-state index in [0.29, 0.717) is 54.1 Å². The van der Waals surface area contributed by atoms with Crippen LogP contribution in [-0.2, 0) is 47.3 Å². The molecule has 0 bridgehead atoms. The molecule has 18 heteroatoms. The third-order valence-electron chi connectivity index (χ3n) is 21.2. The molecule has 0 atom stereocenters. The first kappa shape index (κ1) is 67.4. The minimum atomic E-state index is -0.714. The van der Waals surface area contributed by atoms with Gasteiger partial charge in [-0.15, -0.1) is 0 Å². The summed E-state index contributed by atoms with van der Waals surface area (Å²) < 4.78 is 5.48. The van der Waals surface area contributed by atoms with E-state index in [4.69, 9.17) is 0 Å². The minimum absolute atomic E-state index is 0.00923. The molecule has 4 heterocycles. The monoisotopic (exact) mass is 1470 g/mol. The summed E-state index contributed by atoms with van der Waals surface area (Å²) in [7, 11) is 3.96. The van der Waals surface area contributed by atoms with Crippen molar-refractivity contribution < 1.29 is 28.8 Å². The van der Waals surface area contributed by atoms with Crippen molar-refractivity contribution in [3.8, 4) is 0 Å². The lowest BCUT2D eigenvalue weighted by Crippen LogP contribution is -2.34.